The largest absolute Gasteiger partial charge is 0.379 e. The molecule has 0 radical (unpaired) electrons. The van der Waals surface area contributed by atoms with E-state index in [-0.39, 0.29) is 0 Å². The zero-order valence-corrected chi connectivity index (χ0v) is 9.92. The summed E-state index contributed by atoms with van der Waals surface area (Å²) < 4.78 is 11.7. The molecule has 1 rings (SSSR count). The highest BCUT2D eigenvalue weighted by Crippen LogP contribution is 2.12. The summed E-state index contributed by atoms with van der Waals surface area (Å²) in [4.78, 5) is 0. The van der Waals surface area contributed by atoms with Gasteiger partial charge in [0.25, 0.3) is 0 Å². The summed E-state index contributed by atoms with van der Waals surface area (Å²) in [6.07, 6.45) is 0. The fourth-order valence-electron chi connectivity index (χ4n) is 1.08. The smallest absolute Gasteiger partial charge is 0.0718 e. The Kier molecular flexibility index (Phi) is 5.83. The van der Waals surface area contributed by atoms with Crippen LogP contribution in [-0.4, -0.2) is 19.8 Å². The maximum Gasteiger partial charge on any atom is 0.0718 e. The molecule has 0 amide bonds. The number of rotatable bonds is 6. The lowest BCUT2D eigenvalue weighted by molar-refractivity contribution is 0.0453. The molecule has 0 N–H and O–H groups in total. The van der Waals surface area contributed by atoms with Gasteiger partial charge >= 0.3 is 0 Å². The Bertz CT molecular complexity index is 263. The molecule has 0 saturated carbocycles. The van der Waals surface area contributed by atoms with Crippen molar-refractivity contribution in [1.82, 2.24) is 0 Å². The van der Waals surface area contributed by atoms with Gasteiger partial charge in [0.2, 0.25) is 0 Å². The molecule has 1 aromatic rings. The van der Waals surface area contributed by atoms with Gasteiger partial charge < -0.3 is 9.47 Å². The van der Waals surface area contributed by atoms with Crippen LogP contribution < -0.4 is 0 Å². The molecule has 0 atom stereocenters. The van der Waals surface area contributed by atoms with Gasteiger partial charge in [-0.2, -0.15) is 0 Å². The highest BCUT2D eigenvalue weighted by Gasteiger charge is 1.93. The molecule has 0 aromatic heterocycles. The molecule has 78 valence electrons. The van der Waals surface area contributed by atoms with Crippen molar-refractivity contribution >= 4 is 15.9 Å². The fourth-order valence-corrected chi connectivity index (χ4v) is 1.53. The molecule has 0 fully saturated rings. The van der Waals surface area contributed by atoms with Crippen LogP contribution >= 0.6 is 15.9 Å². The molecule has 2 nitrogen and oxygen atoms in total. The van der Waals surface area contributed by atoms with Gasteiger partial charge in [-0.15, -0.1) is 0 Å². The van der Waals surface area contributed by atoms with Crippen molar-refractivity contribution in [3.63, 3.8) is 0 Å². The molecule has 0 saturated heterocycles. The third kappa shape index (κ3) is 4.74. The van der Waals surface area contributed by atoms with Crippen molar-refractivity contribution < 1.29 is 9.47 Å². The monoisotopic (exact) mass is 258 g/mol. The maximum atomic E-state index is 5.43. The lowest BCUT2D eigenvalue weighted by Crippen LogP contribution is -2.03. The van der Waals surface area contributed by atoms with E-state index in [1.165, 1.54) is 5.56 Å². The van der Waals surface area contributed by atoms with Crippen molar-refractivity contribution in [3.05, 3.63) is 34.3 Å². The van der Waals surface area contributed by atoms with Gasteiger partial charge in [0.1, 0.15) is 0 Å². The Balaban J connectivity index is 2.18. The predicted octanol–water partition coefficient (Wildman–Crippen LogP) is 3.00. The zero-order valence-electron chi connectivity index (χ0n) is 8.33. The van der Waals surface area contributed by atoms with Crippen LogP contribution in [0.15, 0.2) is 28.7 Å². The fraction of sp³-hybridized carbons (Fsp3) is 0.455. The lowest BCUT2D eigenvalue weighted by Gasteiger charge is -2.04. The van der Waals surface area contributed by atoms with Crippen molar-refractivity contribution in [2.24, 2.45) is 0 Å². The number of benzene rings is 1. The summed E-state index contributed by atoms with van der Waals surface area (Å²) in [5, 5.41) is 0. The number of halogens is 1. The van der Waals surface area contributed by atoms with E-state index in [1.807, 2.05) is 25.1 Å². The van der Waals surface area contributed by atoms with Gasteiger partial charge in [-0.3, -0.25) is 0 Å². The summed E-state index contributed by atoms with van der Waals surface area (Å²) in [5.74, 6) is 0. The van der Waals surface area contributed by atoms with E-state index in [4.69, 9.17) is 9.47 Å². The Morgan fingerprint density at radius 1 is 1.21 bits per heavy atom. The van der Waals surface area contributed by atoms with Crippen LogP contribution in [0.1, 0.15) is 12.5 Å². The number of hydrogen-bond acceptors (Lipinski definition) is 2. The Labute approximate surface area is 93.4 Å². The molecule has 0 unspecified atom stereocenters. The van der Waals surface area contributed by atoms with Crippen LogP contribution in [0.5, 0.6) is 0 Å². The first-order valence-corrected chi connectivity index (χ1v) is 5.52. The average molecular weight is 259 g/mol. The van der Waals surface area contributed by atoms with Gasteiger partial charge in [-0.25, -0.2) is 0 Å². The van der Waals surface area contributed by atoms with Gasteiger partial charge in [-0.05, 0) is 24.6 Å². The molecule has 0 aliphatic heterocycles. The van der Waals surface area contributed by atoms with Crippen molar-refractivity contribution in [1.29, 1.82) is 0 Å². The molecule has 14 heavy (non-hydrogen) atoms. The third-order valence-corrected chi connectivity index (χ3v) is 2.23. The minimum absolute atomic E-state index is 0.645. The van der Waals surface area contributed by atoms with E-state index in [0.29, 0.717) is 19.8 Å². The first-order chi connectivity index (χ1) is 6.83. The van der Waals surface area contributed by atoms with Crippen molar-refractivity contribution in [2.45, 2.75) is 13.5 Å². The standard InChI is InChI=1S/C11H15BrO2/c1-2-13-6-7-14-9-10-4-3-5-11(12)8-10/h3-5,8H,2,6-7,9H2,1H3. The second-order valence-corrected chi connectivity index (χ2v) is 3.80. The second-order valence-electron chi connectivity index (χ2n) is 2.88. The van der Waals surface area contributed by atoms with Crippen LogP contribution in [0, 0.1) is 0 Å². The lowest BCUT2D eigenvalue weighted by atomic mass is 10.2. The van der Waals surface area contributed by atoms with E-state index < -0.39 is 0 Å². The van der Waals surface area contributed by atoms with Crippen LogP contribution in [0.25, 0.3) is 0 Å². The molecule has 0 aliphatic carbocycles. The van der Waals surface area contributed by atoms with Crippen LogP contribution in [-0.2, 0) is 16.1 Å². The third-order valence-electron chi connectivity index (χ3n) is 1.73. The van der Waals surface area contributed by atoms with E-state index >= 15 is 0 Å². The summed E-state index contributed by atoms with van der Waals surface area (Å²) in [6, 6.07) is 8.11. The highest BCUT2D eigenvalue weighted by atomic mass is 79.9. The van der Waals surface area contributed by atoms with Gasteiger partial charge in [0, 0.05) is 11.1 Å². The first kappa shape index (κ1) is 11.7. The maximum absolute atomic E-state index is 5.43. The van der Waals surface area contributed by atoms with Crippen molar-refractivity contribution in [2.75, 3.05) is 19.8 Å². The van der Waals surface area contributed by atoms with Gasteiger partial charge in [-0.1, -0.05) is 28.1 Å². The van der Waals surface area contributed by atoms with Crippen LogP contribution in [0.4, 0.5) is 0 Å². The summed E-state index contributed by atoms with van der Waals surface area (Å²) >= 11 is 3.42. The van der Waals surface area contributed by atoms with Crippen molar-refractivity contribution in [3.8, 4) is 0 Å². The Hall–Kier alpha value is -0.380. The molecule has 0 heterocycles. The Morgan fingerprint density at radius 2 is 2.00 bits per heavy atom. The summed E-state index contributed by atoms with van der Waals surface area (Å²) in [7, 11) is 0. The van der Waals surface area contributed by atoms with E-state index in [0.717, 1.165) is 11.1 Å². The molecule has 1 aromatic carbocycles. The topological polar surface area (TPSA) is 18.5 Å². The highest BCUT2D eigenvalue weighted by molar-refractivity contribution is 9.10. The van der Waals surface area contributed by atoms with Gasteiger partial charge in [0.15, 0.2) is 0 Å². The minimum Gasteiger partial charge on any atom is -0.379 e. The number of hydrogen-bond donors (Lipinski definition) is 0. The SMILES string of the molecule is CCOCCOCc1cccc(Br)c1. The summed E-state index contributed by atoms with van der Waals surface area (Å²) in [5.41, 5.74) is 1.18. The molecule has 0 bridgehead atoms. The van der Waals surface area contributed by atoms with Crippen LogP contribution in [0.2, 0.25) is 0 Å². The Morgan fingerprint density at radius 3 is 2.71 bits per heavy atom. The molecular weight excluding hydrogens is 244 g/mol. The molecule has 3 heteroatoms. The normalized spacial score (nSPS) is 10.4. The summed E-state index contributed by atoms with van der Waals surface area (Å²) in [6.45, 7) is 4.70. The van der Waals surface area contributed by atoms with Crippen LogP contribution in [0.3, 0.4) is 0 Å². The predicted molar refractivity (Wildman–Crippen MR) is 60.3 cm³/mol. The first-order valence-electron chi connectivity index (χ1n) is 4.73. The van der Waals surface area contributed by atoms with Gasteiger partial charge in [0.05, 0.1) is 19.8 Å². The van der Waals surface area contributed by atoms with E-state index in [2.05, 4.69) is 22.0 Å². The average Bonchev–Trinajstić information content (AvgIpc) is 2.18. The minimum atomic E-state index is 0.645. The number of ether oxygens (including phenoxy) is 2. The molecular formula is C11H15BrO2. The zero-order chi connectivity index (χ0) is 10.2. The van der Waals surface area contributed by atoms with E-state index in [1.54, 1.807) is 0 Å². The van der Waals surface area contributed by atoms with E-state index in [9.17, 15) is 0 Å². The molecule has 0 aliphatic rings. The molecule has 0 spiro atoms. The second kappa shape index (κ2) is 6.98. The quantitative estimate of drug-likeness (QED) is 0.731.